The van der Waals surface area contributed by atoms with E-state index < -0.39 is 11.9 Å². The number of rotatable bonds is 2. The fourth-order valence-electron chi connectivity index (χ4n) is 0.385. The third-order valence-electron chi connectivity index (χ3n) is 1.27. The van der Waals surface area contributed by atoms with Crippen LogP contribution in [0, 0.1) is 0 Å². The van der Waals surface area contributed by atoms with Crippen LogP contribution in [0.4, 0.5) is 0 Å². The lowest BCUT2D eigenvalue weighted by Gasteiger charge is -1.71. The third kappa shape index (κ3) is 31.4. The Kier molecular flexibility index (Phi) is 20.8. The average Bonchev–Trinajstić information content (AvgIpc) is 2.32. The van der Waals surface area contributed by atoms with Crippen LogP contribution in [0.15, 0.2) is 36.4 Å². The standard InChI is InChI=1S/C6H6.2C3H6O2.H2S/c1-2-4-6-5-3-1;2*1-2-3(4)5;/h1-6H;2*2H2,1H3,(H,4,5);1H2. The molecular weight excluding hydrogens is 240 g/mol. The van der Waals surface area contributed by atoms with Crippen LogP contribution in [0.2, 0.25) is 0 Å². The van der Waals surface area contributed by atoms with Gasteiger partial charge in [-0.05, 0) is 0 Å². The number of hydrogen-bond acceptors (Lipinski definition) is 2. The largest absolute Gasteiger partial charge is 0.481 e. The van der Waals surface area contributed by atoms with Crippen LogP contribution in [0.1, 0.15) is 26.7 Å². The summed E-state index contributed by atoms with van der Waals surface area (Å²) in [5.41, 5.74) is 0. The number of aliphatic carboxylic acids is 2. The Morgan fingerprint density at radius 2 is 0.882 bits per heavy atom. The van der Waals surface area contributed by atoms with Gasteiger partial charge in [0.2, 0.25) is 0 Å². The van der Waals surface area contributed by atoms with Crippen LogP contribution >= 0.6 is 13.5 Å². The van der Waals surface area contributed by atoms with E-state index in [1.165, 1.54) is 0 Å². The topological polar surface area (TPSA) is 74.6 Å². The van der Waals surface area contributed by atoms with E-state index in [1.807, 2.05) is 36.4 Å². The van der Waals surface area contributed by atoms with Crippen LogP contribution in [0.5, 0.6) is 0 Å². The molecule has 0 atom stereocenters. The second-order valence-corrected chi connectivity index (χ2v) is 2.65. The number of benzene rings is 1. The Bertz CT molecular complexity index is 234. The third-order valence-corrected chi connectivity index (χ3v) is 1.27. The summed E-state index contributed by atoms with van der Waals surface area (Å²) < 4.78 is 0. The fourth-order valence-corrected chi connectivity index (χ4v) is 0.385. The van der Waals surface area contributed by atoms with Crippen LogP contribution < -0.4 is 0 Å². The van der Waals surface area contributed by atoms with Crippen LogP contribution in [0.3, 0.4) is 0 Å². The molecule has 98 valence electrons. The van der Waals surface area contributed by atoms with Gasteiger partial charge in [-0.25, -0.2) is 0 Å². The van der Waals surface area contributed by atoms with Crippen LogP contribution in [-0.2, 0) is 9.59 Å². The molecule has 0 aromatic heterocycles. The molecule has 0 saturated heterocycles. The molecule has 0 heterocycles. The summed E-state index contributed by atoms with van der Waals surface area (Å²) in [6, 6.07) is 12.0. The van der Waals surface area contributed by atoms with Crippen LogP contribution in [0.25, 0.3) is 0 Å². The Morgan fingerprint density at radius 3 is 0.941 bits per heavy atom. The SMILES string of the molecule is CCC(=O)O.CCC(=O)O.S.c1ccccc1. The van der Waals surface area contributed by atoms with Crippen LogP contribution in [-0.4, -0.2) is 22.2 Å². The molecule has 0 saturated carbocycles. The highest BCUT2D eigenvalue weighted by Gasteiger charge is 1.81. The van der Waals surface area contributed by atoms with Gasteiger partial charge < -0.3 is 10.2 Å². The lowest BCUT2D eigenvalue weighted by Crippen LogP contribution is -1.86. The van der Waals surface area contributed by atoms with Crippen molar-refractivity contribution >= 4 is 25.4 Å². The van der Waals surface area contributed by atoms with Crippen molar-refractivity contribution in [1.29, 1.82) is 0 Å². The Balaban J connectivity index is -0.000000170. The molecule has 0 fully saturated rings. The maximum absolute atomic E-state index is 9.37. The molecule has 1 aromatic rings. The van der Waals surface area contributed by atoms with Gasteiger partial charge in [0.25, 0.3) is 0 Å². The van der Waals surface area contributed by atoms with E-state index in [-0.39, 0.29) is 26.3 Å². The molecule has 1 rings (SSSR count). The first kappa shape index (κ1) is 20.9. The van der Waals surface area contributed by atoms with Crippen molar-refractivity contribution < 1.29 is 19.8 Å². The van der Waals surface area contributed by atoms with Crippen molar-refractivity contribution in [3.63, 3.8) is 0 Å². The minimum Gasteiger partial charge on any atom is -0.481 e. The first-order valence-corrected chi connectivity index (χ1v) is 4.98. The van der Waals surface area contributed by atoms with Gasteiger partial charge >= 0.3 is 11.9 Å². The molecule has 0 radical (unpaired) electrons. The van der Waals surface area contributed by atoms with E-state index in [4.69, 9.17) is 10.2 Å². The minimum atomic E-state index is -0.745. The summed E-state index contributed by atoms with van der Waals surface area (Å²) in [4.78, 5) is 18.7. The van der Waals surface area contributed by atoms with Gasteiger partial charge in [0.15, 0.2) is 0 Å². The molecule has 0 amide bonds. The summed E-state index contributed by atoms with van der Waals surface area (Å²) in [6.07, 6.45) is 0.444. The second-order valence-electron chi connectivity index (χ2n) is 2.65. The normalized spacial score (nSPS) is 7.18. The minimum absolute atomic E-state index is 0. The summed E-state index contributed by atoms with van der Waals surface area (Å²) in [6.45, 7) is 3.20. The highest BCUT2D eigenvalue weighted by molar-refractivity contribution is 7.59. The maximum atomic E-state index is 9.37. The average molecular weight is 260 g/mol. The number of hydrogen-bond donors (Lipinski definition) is 2. The smallest absolute Gasteiger partial charge is 0.303 e. The Hall–Kier alpha value is -1.49. The van der Waals surface area contributed by atoms with Gasteiger partial charge in [0.1, 0.15) is 0 Å². The molecular formula is C12H20O4S. The molecule has 4 nitrogen and oxygen atoms in total. The summed E-state index contributed by atoms with van der Waals surface area (Å²) in [5.74, 6) is -1.49. The van der Waals surface area contributed by atoms with Gasteiger partial charge in [0, 0.05) is 12.8 Å². The first-order chi connectivity index (χ1) is 7.54. The summed E-state index contributed by atoms with van der Waals surface area (Å²) >= 11 is 0. The molecule has 5 heteroatoms. The van der Waals surface area contributed by atoms with E-state index in [1.54, 1.807) is 13.8 Å². The van der Waals surface area contributed by atoms with Crippen molar-refractivity contribution in [3.8, 4) is 0 Å². The Morgan fingerprint density at radius 1 is 0.765 bits per heavy atom. The first-order valence-electron chi connectivity index (χ1n) is 4.98. The van der Waals surface area contributed by atoms with E-state index in [2.05, 4.69) is 0 Å². The van der Waals surface area contributed by atoms with E-state index in [9.17, 15) is 9.59 Å². The molecule has 0 aliphatic carbocycles. The molecule has 0 spiro atoms. The molecule has 2 N–H and O–H groups in total. The monoisotopic (exact) mass is 260 g/mol. The van der Waals surface area contributed by atoms with Crippen molar-refractivity contribution in [2.45, 2.75) is 26.7 Å². The van der Waals surface area contributed by atoms with Gasteiger partial charge in [-0.2, -0.15) is 13.5 Å². The highest BCUT2D eigenvalue weighted by Crippen LogP contribution is 1.79. The molecule has 0 aliphatic rings. The van der Waals surface area contributed by atoms with E-state index in [0.29, 0.717) is 0 Å². The predicted molar refractivity (Wildman–Crippen MR) is 72.7 cm³/mol. The molecule has 17 heavy (non-hydrogen) atoms. The van der Waals surface area contributed by atoms with Crippen molar-refractivity contribution in [2.24, 2.45) is 0 Å². The summed E-state index contributed by atoms with van der Waals surface area (Å²) in [7, 11) is 0. The van der Waals surface area contributed by atoms with Gasteiger partial charge in [-0.1, -0.05) is 50.2 Å². The van der Waals surface area contributed by atoms with Crippen molar-refractivity contribution in [3.05, 3.63) is 36.4 Å². The lowest BCUT2D eigenvalue weighted by molar-refractivity contribution is -0.137. The van der Waals surface area contributed by atoms with Crippen molar-refractivity contribution in [2.75, 3.05) is 0 Å². The molecule has 0 bridgehead atoms. The Labute approximate surface area is 109 Å². The fraction of sp³-hybridized carbons (Fsp3) is 0.333. The van der Waals surface area contributed by atoms with E-state index in [0.717, 1.165) is 0 Å². The lowest BCUT2D eigenvalue weighted by atomic mass is 10.4. The zero-order valence-electron chi connectivity index (χ0n) is 10.1. The number of carbonyl (C=O) groups is 2. The molecule has 0 aliphatic heterocycles. The number of carboxylic acids is 2. The highest BCUT2D eigenvalue weighted by atomic mass is 32.1. The summed E-state index contributed by atoms with van der Waals surface area (Å²) in [5, 5.41) is 15.4. The molecule has 0 unspecified atom stereocenters. The van der Waals surface area contributed by atoms with Crippen molar-refractivity contribution in [1.82, 2.24) is 0 Å². The zero-order chi connectivity index (χ0) is 12.8. The van der Waals surface area contributed by atoms with Gasteiger partial charge in [-0.15, -0.1) is 0 Å². The second kappa shape index (κ2) is 16.9. The van der Waals surface area contributed by atoms with Gasteiger partial charge in [-0.3, -0.25) is 9.59 Å². The van der Waals surface area contributed by atoms with Gasteiger partial charge in [0.05, 0.1) is 0 Å². The predicted octanol–water partition coefficient (Wildman–Crippen LogP) is 2.76. The maximum Gasteiger partial charge on any atom is 0.303 e. The molecule has 1 aromatic carbocycles. The van der Waals surface area contributed by atoms with E-state index >= 15 is 0 Å². The quantitative estimate of drug-likeness (QED) is 0.857. The zero-order valence-corrected chi connectivity index (χ0v) is 11.1. The number of carboxylic acid groups (broad SMARTS) is 2.